The normalized spacial score (nSPS) is 13.6. The molecule has 0 atom stereocenters. The Kier molecular flexibility index (Phi) is 11.8. The molecule has 1 heterocycles. The van der Waals surface area contributed by atoms with Crippen LogP contribution < -0.4 is 4.90 Å². The number of anilines is 3. The zero-order chi connectivity index (χ0) is 57.5. The van der Waals surface area contributed by atoms with Crippen molar-refractivity contribution in [1.82, 2.24) is 4.57 Å². The molecule has 14 rings (SSSR count). The molecule has 0 radical (unpaired) electrons. The van der Waals surface area contributed by atoms with Crippen molar-refractivity contribution in [1.29, 1.82) is 0 Å². The Labute approximate surface area is 491 Å². The van der Waals surface area contributed by atoms with Gasteiger partial charge in [0.15, 0.2) is 0 Å². The first-order valence-corrected chi connectivity index (χ1v) is 29.9. The van der Waals surface area contributed by atoms with E-state index in [1.165, 1.54) is 111 Å². The van der Waals surface area contributed by atoms with Crippen LogP contribution in [0.3, 0.4) is 0 Å². The van der Waals surface area contributed by atoms with Gasteiger partial charge in [-0.1, -0.05) is 265 Å². The molecule has 0 amide bonds. The molecular formula is C81H74N2. The molecule has 2 aliphatic carbocycles. The maximum absolute atomic E-state index is 2.61. The van der Waals surface area contributed by atoms with Gasteiger partial charge in [-0.25, -0.2) is 0 Å². The van der Waals surface area contributed by atoms with E-state index in [2.05, 4.69) is 323 Å². The average Bonchev–Trinajstić information content (AvgIpc) is 1.55. The Bertz CT molecular complexity index is 4490. The number of para-hydroxylation sites is 3. The Hall–Kier alpha value is -8.72. The first-order valence-electron chi connectivity index (χ1n) is 29.9. The minimum Gasteiger partial charge on any atom is -0.309 e. The van der Waals surface area contributed by atoms with Crippen LogP contribution in [-0.2, 0) is 27.1 Å². The van der Waals surface area contributed by atoms with Gasteiger partial charge in [-0.15, -0.1) is 0 Å². The number of fused-ring (bicyclic) bond motifs is 14. The molecule has 0 bridgehead atoms. The topological polar surface area (TPSA) is 8.17 Å². The monoisotopic (exact) mass is 1070 g/mol. The van der Waals surface area contributed by atoms with Gasteiger partial charge in [0.05, 0.1) is 27.8 Å². The standard InChI is InChI=1S/C81H74N2/c1-77(2,3)53-39-42-61-62-43-40-54(78(4,5)6)49-69(62)81(68(61)48-53)67-34-19-16-29-60(67)63-44-41-58(50-70(63)81)83(74-38-24-37-73-76(74)66-31-18-21-36-72(66)82(73)57-27-14-13-15-28-57)71-35-20-17-30-64(71)65-33-23-26-51-25-22-32-59(75(51)65)52-45-55(79(7,8)9)47-56(46-52)80(10,11)12/h13-50H,1-12H3. The summed E-state index contributed by atoms with van der Waals surface area (Å²) in [5.74, 6) is 0. The molecule has 0 saturated carbocycles. The molecule has 0 saturated heterocycles. The molecule has 0 fully saturated rings. The summed E-state index contributed by atoms with van der Waals surface area (Å²) in [6, 6.07) is 88.7. The van der Waals surface area contributed by atoms with Gasteiger partial charge < -0.3 is 9.47 Å². The summed E-state index contributed by atoms with van der Waals surface area (Å²) in [4.78, 5) is 2.61. The summed E-state index contributed by atoms with van der Waals surface area (Å²) in [6.07, 6.45) is 0. The quantitative estimate of drug-likeness (QED) is 0.161. The van der Waals surface area contributed by atoms with Crippen molar-refractivity contribution < 1.29 is 0 Å². The van der Waals surface area contributed by atoms with Crippen LogP contribution in [0.5, 0.6) is 0 Å². The van der Waals surface area contributed by atoms with E-state index in [0.29, 0.717) is 0 Å². The van der Waals surface area contributed by atoms with E-state index in [9.17, 15) is 0 Å². The van der Waals surface area contributed by atoms with Crippen LogP contribution in [0.1, 0.15) is 128 Å². The number of aromatic nitrogens is 1. The van der Waals surface area contributed by atoms with Gasteiger partial charge in [0.25, 0.3) is 0 Å². The van der Waals surface area contributed by atoms with Crippen molar-refractivity contribution >= 4 is 49.6 Å². The molecule has 2 aliphatic rings. The van der Waals surface area contributed by atoms with E-state index in [1.807, 2.05) is 0 Å². The molecule has 408 valence electrons. The zero-order valence-corrected chi connectivity index (χ0v) is 50.3. The highest BCUT2D eigenvalue weighted by Gasteiger charge is 2.52. The molecule has 2 heteroatoms. The van der Waals surface area contributed by atoms with E-state index < -0.39 is 5.41 Å². The number of nitrogens with zero attached hydrogens (tertiary/aromatic N) is 2. The second-order valence-corrected chi connectivity index (χ2v) is 27.8. The van der Waals surface area contributed by atoms with Crippen LogP contribution in [0.4, 0.5) is 17.1 Å². The van der Waals surface area contributed by atoms with Gasteiger partial charge in [0.1, 0.15) is 0 Å². The predicted molar refractivity (Wildman–Crippen MR) is 355 cm³/mol. The van der Waals surface area contributed by atoms with E-state index in [4.69, 9.17) is 0 Å². The highest BCUT2D eigenvalue weighted by atomic mass is 15.2. The molecule has 12 aromatic rings. The lowest BCUT2D eigenvalue weighted by Crippen LogP contribution is -2.27. The zero-order valence-electron chi connectivity index (χ0n) is 50.3. The average molecular weight is 1080 g/mol. The van der Waals surface area contributed by atoms with Gasteiger partial charge in [-0.3, -0.25) is 0 Å². The van der Waals surface area contributed by atoms with E-state index >= 15 is 0 Å². The van der Waals surface area contributed by atoms with Crippen molar-refractivity contribution in [3.05, 3.63) is 275 Å². The first-order chi connectivity index (χ1) is 39.7. The van der Waals surface area contributed by atoms with E-state index in [-0.39, 0.29) is 21.7 Å². The number of hydrogen-bond acceptors (Lipinski definition) is 1. The van der Waals surface area contributed by atoms with Gasteiger partial charge in [-0.2, -0.15) is 0 Å². The molecule has 83 heavy (non-hydrogen) atoms. The highest BCUT2D eigenvalue weighted by molar-refractivity contribution is 6.18. The maximum Gasteiger partial charge on any atom is 0.0726 e. The van der Waals surface area contributed by atoms with Gasteiger partial charge in [0.2, 0.25) is 0 Å². The Balaban J connectivity index is 1.10. The first kappa shape index (κ1) is 52.4. The molecule has 0 unspecified atom stereocenters. The Morgan fingerprint density at radius 2 is 0.795 bits per heavy atom. The molecule has 1 aromatic heterocycles. The van der Waals surface area contributed by atoms with Gasteiger partial charge in [0, 0.05) is 27.7 Å². The fourth-order valence-corrected chi connectivity index (χ4v) is 14.0. The van der Waals surface area contributed by atoms with Crippen molar-refractivity contribution in [3.8, 4) is 50.2 Å². The molecule has 0 aliphatic heterocycles. The lowest BCUT2D eigenvalue weighted by molar-refractivity contribution is 0.569. The second-order valence-electron chi connectivity index (χ2n) is 27.8. The van der Waals surface area contributed by atoms with Crippen LogP contribution in [0, 0.1) is 0 Å². The van der Waals surface area contributed by atoms with Crippen LogP contribution in [0.2, 0.25) is 0 Å². The van der Waals surface area contributed by atoms with Crippen LogP contribution in [-0.4, -0.2) is 4.57 Å². The number of benzene rings is 11. The van der Waals surface area contributed by atoms with Crippen molar-refractivity contribution in [2.24, 2.45) is 0 Å². The molecule has 2 nitrogen and oxygen atoms in total. The molecule has 0 N–H and O–H groups in total. The van der Waals surface area contributed by atoms with Gasteiger partial charge in [-0.05, 0) is 164 Å². The summed E-state index contributed by atoms with van der Waals surface area (Å²) < 4.78 is 2.45. The van der Waals surface area contributed by atoms with Crippen molar-refractivity contribution in [3.63, 3.8) is 0 Å². The third kappa shape index (κ3) is 8.19. The van der Waals surface area contributed by atoms with Crippen LogP contribution >= 0.6 is 0 Å². The van der Waals surface area contributed by atoms with Crippen molar-refractivity contribution in [2.75, 3.05) is 4.90 Å². The SMILES string of the molecule is CC(C)(C)c1cc(-c2cccc3cccc(-c4ccccc4N(c4ccc5c(c4)C4(c6ccccc6-5)c5cc(C(C)(C)C)ccc5-c5ccc(C(C)(C)C)cc54)c4cccc5c4c4ccccc4n5-c4ccccc4)c23)cc(C(C)(C)C)c1. The fourth-order valence-electron chi connectivity index (χ4n) is 14.0. The summed E-state index contributed by atoms with van der Waals surface area (Å²) in [7, 11) is 0. The lowest BCUT2D eigenvalue weighted by Gasteiger charge is -2.34. The summed E-state index contributed by atoms with van der Waals surface area (Å²) in [6.45, 7) is 28.2. The van der Waals surface area contributed by atoms with Gasteiger partial charge >= 0.3 is 0 Å². The summed E-state index contributed by atoms with van der Waals surface area (Å²) in [5, 5.41) is 4.87. The second kappa shape index (κ2) is 18.6. The minimum absolute atomic E-state index is 0.0383. The molecule has 11 aromatic carbocycles. The molecule has 1 spiro atoms. The third-order valence-electron chi connectivity index (χ3n) is 18.4. The predicted octanol–water partition coefficient (Wildman–Crippen LogP) is 22.3. The van der Waals surface area contributed by atoms with Crippen LogP contribution in [0.15, 0.2) is 231 Å². The van der Waals surface area contributed by atoms with E-state index in [1.54, 1.807) is 0 Å². The Morgan fingerprint density at radius 3 is 1.43 bits per heavy atom. The number of hydrogen-bond donors (Lipinski definition) is 0. The van der Waals surface area contributed by atoms with Crippen LogP contribution in [0.25, 0.3) is 82.8 Å². The smallest absolute Gasteiger partial charge is 0.0726 e. The third-order valence-corrected chi connectivity index (χ3v) is 18.4. The number of rotatable bonds is 6. The maximum atomic E-state index is 2.61. The largest absolute Gasteiger partial charge is 0.309 e. The minimum atomic E-state index is -0.590. The lowest BCUT2D eigenvalue weighted by atomic mass is 9.68. The fraction of sp³-hybridized carbons (Fsp3) is 0.210. The highest BCUT2D eigenvalue weighted by Crippen LogP contribution is 2.64. The van der Waals surface area contributed by atoms with E-state index in [0.717, 1.165) is 33.8 Å². The summed E-state index contributed by atoms with van der Waals surface area (Å²) >= 11 is 0. The summed E-state index contributed by atoms with van der Waals surface area (Å²) in [5.41, 5.74) is 26.8. The van der Waals surface area contributed by atoms with Crippen molar-refractivity contribution in [2.45, 2.75) is 110 Å². The Morgan fingerprint density at radius 1 is 0.313 bits per heavy atom. The molecular weight excluding hydrogens is 1000 g/mol.